The van der Waals surface area contributed by atoms with Gasteiger partial charge in [-0.25, -0.2) is 0 Å². The van der Waals surface area contributed by atoms with Gasteiger partial charge in [0.2, 0.25) is 0 Å². The molecule has 2 atom stereocenters. The van der Waals surface area contributed by atoms with Crippen molar-refractivity contribution in [2.24, 2.45) is 0 Å². The third-order valence-electron chi connectivity index (χ3n) is 3.79. The van der Waals surface area contributed by atoms with Crippen LogP contribution in [0.1, 0.15) is 49.7 Å². The van der Waals surface area contributed by atoms with E-state index in [1.54, 1.807) is 0 Å². The number of halogens is 2. The predicted octanol–water partition coefficient (Wildman–Crippen LogP) is -4.13. The molecule has 2 aromatic rings. The Morgan fingerprint density at radius 1 is 0.704 bits per heavy atom. The molecule has 4 nitrogen and oxygen atoms in total. The summed E-state index contributed by atoms with van der Waals surface area (Å²) in [6.45, 7) is 3.68. The molecule has 0 heterocycles. The smallest absolute Gasteiger partial charge is 1.00 e. The van der Waals surface area contributed by atoms with Gasteiger partial charge in [0.05, 0.1) is 0 Å². The Labute approximate surface area is 192 Å². The number of carbonyl (C=O) groups is 2. The normalized spacial score (nSPS) is 11.0. The first-order chi connectivity index (χ1) is 11.5. The number of benzene rings is 2. The Bertz CT molecular complexity index is 581. The molecule has 0 N–H and O–H groups in total. The summed E-state index contributed by atoms with van der Waals surface area (Å²) < 4.78 is 0. The van der Waals surface area contributed by atoms with Gasteiger partial charge in [0.25, 0.3) is 0 Å². The molecular formula is C20H22Cl2HfO4. The van der Waals surface area contributed by atoms with E-state index in [-0.39, 0.29) is 50.7 Å². The molecule has 27 heavy (non-hydrogen) atoms. The van der Waals surface area contributed by atoms with Crippen molar-refractivity contribution in [2.75, 3.05) is 0 Å². The number of hydrogen-bond donors (Lipinski definition) is 0. The average molecular weight is 576 g/mol. The Kier molecular flexibility index (Phi) is 19.2. The molecule has 2 aromatic carbocycles. The van der Waals surface area contributed by atoms with Crippen LogP contribution in [0.2, 0.25) is 0 Å². The molecule has 0 aliphatic rings. The third-order valence-corrected chi connectivity index (χ3v) is 3.79. The van der Waals surface area contributed by atoms with E-state index in [2.05, 4.69) is 0 Å². The summed E-state index contributed by atoms with van der Waals surface area (Å²) in [5.74, 6) is -2.93. The van der Waals surface area contributed by atoms with Gasteiger partial charge in [-0.1, -0.05) is 74.5 Å². The second-order valence-electron chi connectivity index (χ2n) is 5.38. The van der Waals surface area contributed by atoms with Crippen molar-refractivity contribution in [2.45, 2.75) is 38.5 Å². The van der Waals surface area contributed by atoms with Crippen LogP contribution in [0.3, 0.4) is 0 Å². The van der Waals surface area contributed by atoms with Crippen LogP contribution in [0, 0.1) is 0 Å². The number of carbonyl (C=O) groups excluding carboxylic acids is 2. The minimum absolute atomic E-state index is 0. The maximum Gasteiger partial charge on any atom is 4.00 e. The van der Waals surface area contributed by atoms with Crippen molar-refractivity contribution in [1.82, 2.24) is 0 Å². The third kappa shape index (κ3) is 10.7. The van der Waals surface area contributed by atoms with E-state index in [0.29, 0.717) is 12.8 Å². The minimum atomic E-state index is -0.997. The summed E-state index contributed by atoms with van der Waals surface area (Å²) in [4.78, 5) is 21.2. The summed E-state index contributed by atoms with van der Waals surface area (Å²) in [5, 5.41) is 21.2. The largest absolute Gasteiger partial charge is 4.00 e. The van der Waals surface area contributed by atoms with Crippen LogP contribution in [0.4, 0.5) is 0 Å². The molecule has 0 radical (unpaired) electrons. The topological polar surface area (TPSA) is 80.3 Å². The van der Waals surface area contributed by atoms with Crippen LogP contribution < -0.4 is 35.0 Å². The Morgan fingerprint density at radius 2 is 0.963 bits per heavy atom. The Morgan fingerprint density at radius 3 is 1.15 bits per heavy atom. The van der Waals surface area contributed by atoms with Crippen LogP contribution in [-0.4, -0.2) is 11.9 Å². The molecule has 0 aliphatic heterocycles. The van der Waals surface area contributed by atoms with E-state index in [0.717, 1.165) is 11.1 Å². The van der Waals surface area contributed by atoms with Crippen LogP contribution in [0.25, 0.3) is 0 Å². The van der Waals surface area contributed by atoms with E-state index in [1.165, 1.54) is 0 Å². The number of aliphatic carboxylic acids is 2. The van der Waals surface area contributed by atoms with E-state index in [1.807, 2.05) is 74.5 Å². The van der Waals surface area contributed by atoms with E-state index < -0.39 is 23.8 Å². The van der Waals surface area contributed by atoms with E-state index >= 15 is 0 Å². The van der Waals surface area contributed by atoms with Gasteiger partial charge in [0.15, 0.2) is 0 Å². The van der Waals surface area contributed by atoms with Crippen molar-refractivity contribution in [3.05, 3.63) is 71.8 Å². The Hall–Kier alpha value is -1.17. The van der Waals surface area contributed by atoms with Gasteiger partial charge in [-0.15, -0.1) is 0 Å². The molecule has 2 unspecified atom stereocenters. The fourth-order valence-corrected chi connectivity index (χ4v) is 2.45. The fourth-order valence-electron chi connectivity index (χ4n) is 2.45. The van der Waals surface area contributed by atoms with Gasteiger partial charge in [-0.2, -0.15) is 0 Å². The second-order valence-corrected chi connectivity index (χ2v) is 5.38. The molecule has 0 fully saturated rings. The second kappa shape index (κ2) is 17.0. The van der Waals surface area contributed by atoms with Crippen molar-refractivity contribution >= 4 is 11.9 Å². The summed E-state index contributed by atoms with van der Waals surface area (Å²) >= 11 is 0. The molecule has 0 amide bonds. The van der Waals surface area contributed by atoms with Gasteiger partial charge in [0.1, 0.15) is 0 Å². The van der Waals surface area contributed by atoms with Crippen LogP contribution in [-0.2, 0) is 35.4 Å². The zero-order chi connectivity index (χ0) is 17.9. The van der Waals surface area contributed by atoms with Gasteiger partial charge < -0.3 is 44.6 Å². The molecule has 0 bridgehead atoms. The maximum atomic E-state index is 10.6. The molecule has 0 saturated heterocycles. The first-order valence-electron chi connectivity index (χ1n) is 8.02. The van der Waals surface area contributed by atoms with E-state index in [4.69, 9.17) is 0 Å². The number of carboxylic acids is 2. The first kappa shape index (κ1) is 30.6. The fraction of sp³-hybridized carbons (Fsp3) is 0.300. The number of rotatable bonds is 6. The molecular weight excluding hydrogens is 554 g/mol. The van der Waals surface area contributed by atoms with Gasteiger partial charge in [0, 0.05) is 23.8 Å². The molecule has 7 heteroatoms. The first-order valence-corrected chi connectivity index (χ1v) is 8.02. The van der Waals surface area contributed by atoms with Gasteiger partial charge in [-0.05, 0) is 24.0 Å². The van der Waals surface area contributed by atoms with Crippen LogP contribution >= 0.6 is 0 Å². The van der Waals surface area contributed by atoms with Crippen molar-refractivity contribution in [3.63, 3.8) is 0 Å². The molecule has 0 saturated carbocycles. The SMILES string of the molecule is CCC(C(=O)[O-])c1ccccc1.CCC(C(=O)[O-])c1ccccc1.[Cl-].[Cl-].[Hf+4]. The number of carboxylic acid groups (broad SMARTS) is 2. The summed E-state index contributed by atoms with van der Waals surface area (Å²) in [7, 11) is 0. The quantitative estimate of drug-likeness (QED) is 0.328. The van der Waals surface area contributed by atoms with Crippen molar-refractivity contribution in [1.29, 1.82) is 0 Å². The number of hydrogen-bond acceptors (Lipinski definition) is 4. The average Bonchev–Trinajstić information content (AvgIpc) is 2.58. The standard InChI is InChI=1S/2C10H12O2.2ClH.Hf/c2*1-2-9(10(11)12)8-6-4-3-5-7-8;;;/h2*3-7,9H,2H2,1H3,(H,11,12);2*1H;/q;;;;+4/p-4. The zero-order valence-electron chi connectivity index (χ0n) is 15.2. The molecule has 0 aromatic heterocycles. The minimum Gasteiger partial charge on any atom is -1.00 e. The van der Waals surface area contributed by atoms with Crippen LogP contribution in [0.5, 0.6) is 0 Å². The maximum absolute atomic E-state index is 10.6. The molecule has 144 valence electrons. The molecule has 0 aliphatic carbocycles. The summed E-state index contributed by atoms with van der Waals surface area (Å²) in [6.07, 6.45) is 1.15. The molecule has 0 spiro atoms. The summed E-state index contributed by atoms with van der Waals surface area (Å²) in [5.41, 5.74) is 1.64. The van der Waals surface area contributed by atoms with Crippen molar-refractivity contribution in [3.8, 4) is 0 Å². The van der Waals surface area contributed by atoms with Gasteiger partial charge in [-0.3, -0.25) is 0 Å². The zero-order valence-corrected chi connectivity index (χ0v) is 20.3. The van der Waals surface area contributed by atoms with E-state index in [9.17, 15) is 19.8 Å². The Balaban J connectivity index is -0.000000384. The molecule has 2 rings (SSSR count). The van der Waals surface area contributed by atoms with Crippen LogP contribution in [0.15, 0.2) is 60.7 Å². The predicted molar refractivity (Wildman–Crippen MR) is 89.0 cm³/mol. The van der Waals surface area contributed by atoms with Gasteiger partial charge >= 0.3 is 25.8 Å². The summed E-state index contributed by atoms with van der Waals surface area (Å²) in [6, 6.07) is 18.3. The monoisotopic (exact) mass is 576 g/mol. The van der Waals surface area contributed by atoms with Crippen molar-refractivity contribution < 1.29 is 70.5 Å².